The Morgan fingerprint density at radius 2 is 2.05 bits per heavy atom. The average molecular weight is 310 g/mol. The largest absolute Gasteiger partial charge is 0.411 e. The Hall–Kier alpha value is -1.43. The fourth-order valence-corrected chi connectivity index (χ4v) is 3.91. The lowest BCUT2D eigenvalue weighted by Crippen LogP contribution is -2.38. The highest BCUT2D eigenvalue weighted by molar-refractivity contribution is 5.77. The maximum Gasteiger partial charge on any atom is 0.0908 e. The second kappa shape index (κ2) is 8.88. The smallest absolute Gasteiger partial charge is 0.0908 e. The van der Waals surface area contributed by atoms with Crippen molar-refractivity contribution in [1.82, 2.24) is 0 Å². The highest BCUT2D eigenvalue weighted by Gasteiger charge is 2.47. The highest BCUT2D eigenvalue weighted by Crippen LogP contribution is 2.43. The SMILES string of the molecule is CC=NC(C(CC)CC)[C@H]1[C@H](CC(=N)N)C[C@H](/C=N/O)[C@H]1O. The first-order valence-electron chi connectivity index (χ1n) is 8.16. The quantitative estimate of drug-likeness (QED) is 0.238. The summed E-state index contributed by atoms with van der Waals surface area (Å²) in [6.07, 6.45) is 5.69. The van der Waals surface area contributed by atoms with Crippen LogP contribution in [0.3, 0.4) is 0 Å². The molecule has 5 N–H and O–H groups in total. The Bertz CT molecular complexity index is 407. The van der Waals surface area contributed by atoms with Crippen LogP contribution in [-0.2, 0) is 0 Å². The molecule has 1 aliphatic rings. The summed E-state index contributed by atoms with van der Waals surface area (Å²) in [7, 11) is 0. The number of nitrogens with two attached hydrogens (primary N) is 1. The van der Waals surface area contributed by atoms with E-state index >= 15 is 0 Å². The third-order valence-corrected chi connectivity index (χ3v) is 4.94. The summed E-state index contributed by atoms with van der Waals surface area (Å²) in [4.78, 5) is 4.65. The second-order valence-electron chi connectivity index (χ2n) is 6.20. The van der Waals surface area contributed by atoms with E-state index in [1.54, 1.807) is 6.21 Å². The predicted molar refractivity (Wildman–Crippen MR) is 89.9 cm³/mol. The monoisotopic (exact) mass is 310 g/mol. The number of nitrogens with zero attached hydrogens (tertiary/aromatic N) is 2. The molecule has 0 bridgehead atoms. The van der Waals surface area contributed by atoms with Gasteiger partial charge in [-0.3, -0.25) is 10.4 Å². The van der Waals surface area contributed by atoms with Crippen LogP contribution in [0.1, 0.15) is 46.5 Å². The third-order valence-electron chi connectivity index (χ3n) is 4.94. The van der Waals surface area contributed by atoms with Gasteiger partial charge >= 0.3 is 0 Å². The van der Waals surface area contributed by atoms with Gasteiger partial charge in [0.15, 0.2) is 0 Å². The molecular formula is C16H30N4O2. The number of aliphatic hydroxyl groups excluding tert-OH is 1. The van der Waals surface area contributed by atoms with Crippen LogP contribution in [-0.4, -0.2) is 40.7 Å². The van der Waals surface area contributed by atoms with Crippen LogP contribution in [0.5, 0.6) is 0 Å². The zero-order valence-corrected chi connectivity index (χ0v) is 13.8. The molecule has 0 aromatic carbocycles. The molecule has 0 aromatic heterocycles. The van der Waals surface area contributed by atoms with E-state index < -0.39 is 6.10 Å². The Kier molecular flexibility index (Phi) is 7.51. The van der Waals surface area contributed by atoms with Crippen LogP contribution in [0.2, 0.25) is 0 Å². The van der Waals surface area contributed by atoms with Crippen molar-refractivity contribution in [2.75, 3.05) is 0 Å². The second-order valence-corrected chi connectivity index (χ2v) is 6.20. The molecule has 0 amide bonds. The highest BCUT2D eigenvalue weighted by atomic mass is 16.4. The van der Waals surface area contributed by atoms with E-state index in [0.29, 0.717) is 18.8 Å². The third kappa shape index (κ3) is 4.29. The Morgan fingerprint density at radius 1 is 1.41 bits per heavy atom. The lowest BCUT2D eigenvalue weighted by molar-refractivity contribution is 0.0731. The molecule has 126 valence electrons. The van der Waals surface area contributed by atoms with Crippen LogP contribution in [0.4, 0.5) is 0 Å². The summed E-state index contributed by atoms with van der Waals surface area (Å²) in [5, 5.41) is 30.2. The van der Waals surface area contributed by atoms with Gasteiger partial charge in [0.1, 0.15) is 0 Å². The molecule has 0 aromatic rings. The molecule has 6 nitrogen and oxygen atoms in total. The molecule has 1 fully saturated rings. The lowest BCUT2D eigenvalue weighted by atomic mass is 9.77. The van der Waals surface area contributed by atoms with Crippen LogP contribution >= 0.6 is 0 Å². The standard InChI is InChI=1S/C16H30N4O2/c1-4-10(5-2)15(19-6-3)14-11(8-13(17)18)7-12(9-20-22)16(14)21/h6,9-12,14-16,21-22H,4-5,7-8H2,1-3H3,(H3,17,18)/b19-6?,20-9+/t11-,12+,14+,15?,16+/m0/s1. The first-order chi connectivity index (χ1) is 10.5. The van der Waals surface area contributed by atoms with E-state index in [1.165, 1.54) is 6.21 Å². The molecule has 0 heterocycles. The molecule has 0 spiro atoms. The van der Waals surface area contributed by atoms with Gasteiger partial charge < -0.3 is 16.0 Å². The fraction of sp³-hybridized carbons (Fsp3) is 0.812. The Morgan fingerprint density at radius 3 is 2.50 bits per heavy atom. The van der Waals surface area contributed by atoms with E-state index in [2.05, 4.69) is 24.0 Å². The summed E-state index contributed by atoms with van der Waals surface area (Å²) in [5.74, 6) is 0.337. The molecule has 6 heteroatoms. The fourth-order valence-electron chi connectivity index (χ4n) is 3.91. The number of aliphatic imine (C=N–C) groups is 1. The zero-order valence-electron chi connectivity index (χ0n) is 13.8. The van der Waals surface area contributed by atoms with Crippen molar-refractivity contribution >= 4 is 18.3 Å². The maximum atomic E-state index is 10.7. The van der Waals surface area contributed by atoms with Gasteiger partial charge in [0.25, 0.3) is 0 Å². The summed E-state index contributed by atoms with van der Waals surface area (Å²) >= 11 is 0. The minimum absolute atomic E-state index is 0.0106. The van der Waals surface area contributed by atoms with Crippen molar-refractivity contribution in [2.45, 2.75) is 58.6 Å². The molecule has 22 heavy (non-hydrogen) atoms. The first kappa shape index (κ1) is 18.6. The van der Waals surface area contributed by atoms with Gasteiger partial charge in [-0.25, -0.2) is 0 Å². The van der Waals surface area contributed by atoms with Crippen molar-refractivity contribution in [3.05, 3.63) is 0 Å². The normalized spacial score (nSPS) is 30.6. The molecule has 0 aliphatic heterocycles. The van der Waals surface area contributed by atoms with Gasteiger partial charge in [0.2, 0.25) is 0 Å². The molecular weight excluding hydrogens is 280 g/mol. The average Bonchev–Trinajstić information content (AvgIpc) is 2.75. The number of oxime groups is 1. The van der Waals surface area contributed by atoms with Crippen molar-refractivity contribution < 1.29 is 10.3 Å². The van der Waals surface area contributed by atoms with Crippen LogP contribution in [0.25, 0.3) is 0 Å². The Labute approximate surface area is 133 Å². The molecule has 1 rings (SSSR count). The molecule has 1 unspecified atom stereocenters. The van der Waals surface area contributed by atoms with Gasteiger partial charge in [-0.15, -0.1) is 5.16 Å². The van der Waals surface area contributed by atoms with E-state index in [-0.39, 0.29) is 29.6 Å². The van der Waals surface area contributed by atoms with Gasteiger partial charge in [-0.05, 0) is 31.4 Å². The number of hydrogen-bond acceptors (Lipinski definition) is 5. The maximum absolute atomic E-state index is 10.7. The van der Waals surface area contributed by atoms with Crippen LogP contribution in [0.15, 0.2) is 10.1 Å². The van der Waals surface area contributed by atoms with E-state index in [9.17, 15) is 5.11 Å². The summed E-state index contributed by atoms with van der Waals surface area (Å²) < 4.78 is 0. The summed E-state index contributed by atoms with van der Waals surface area (Å²) in [5.41, 5.74) is 5.59. The molecule has 0 radical (unpaired) electrons. The molecule has 1 aliphatic carbocycles. The van der Waals surface area contributed by atoms with Gasteiger partial charge in [-0.1, -0.05) is 26.7 Å². The van der Waals surface area contributed by atoms with Crippen molar-refractivity contribution in [1.29, 1.82) is 5.41 Å². The van der Waals surface area contributed by atoms with E-state index in [0.717, 1.165) is 12.8 Å². The van der Waals surface area contributed by atoms with Crippen molar-refractivity contribution in [3.8, 4) is 0 Å². The molecule has 0 saturated heterocycles. The summed E-state index contributed by atoms with van der Waals surface area (Å²) in [6.45, 7) is 6.17. The van der Waals surface area contributed by atoms with E-state index in [4.69, 9.17) is 16.4 Å². The minimum atomic E-state index is -0.616. The Balaban J connectivity index is 3.12. The topological polar surface area (TPSA) is 115 Å². The van der Waals surface area contributed by atoms with Gasteiger partial charge in [0.05, 0.1) is 18.0 Å². The zero-order chi connectivity index (χ0) is 16.7. The number of rotatable bonds is 8. The van der Waals surface area contributed by atoms with Crippen molar-refractivity contribution in [2.24, 2.45) is 39.6 Å². The van der Waals surface area contributed by atoms with Crippen LogP contribution in [0, 0.1) is 29.1 Å². The van der Waals surface area contributed by atoms with Crippen LogP contribution < -0.4 is 5.73 Å². The number of amidine groups is 1. The lowest BCUT2D eigenvalue weighted by Gasteiger charge is -2.33. The predicted octanol–water partition coefficient (Wildman–Crippen LogP) is 2.28. The number of aliphatic hydroxyl groups is 1. The molecule has 5 atom stereocenters. The van der Waals surface area contributed by atoms with Gasteiger partial charge in [0, 0.05) is 24.5 Å². The minimum Gasteiger partial charge on any atom is -0.411 e. The van der Waals surface area contributed by atoms with Gasteiger partial charge in [-0.2, -0.15) is 0 Å². The molecule has 1 saturated carbocycles. The number of nitrogens with one attached hydrogen (secondary N) is 1. The first-order valence-corrected chi connectivity index (χ1v) is 8.16. The number of hydrogen-bond donors (Lipinski definition) is 4. The van der Waals surface area contributed by atoms with Crippen molar-refractivity contribution in [3.63, 3.8) is 0 Å². The summed E-state index contributed by atoms with van der Waals surface area (Å²) in [6, 6.07) is 0.0106. The van der Waals surface area contributed by atoms with E-state index in [1.807, 2.05) is 6.92 Å².